The van der Waals surface area contributed by atoms with Crippen LogP contribution in [0.1, 0.15) is 51.7 Å². The van der Waals surface area contributed by atoms with E-state index in [1.165, 1.54) is 49.7 Å². The predicted molar refractivity (Wildman–Crippen MR) is 139 cm³/mol. The van der Waals surface area contributed by atoms with E-state index in [2.05, 4.69) is 92.7 Å². The average Bonchev–Trinajstić information content (AvgIpc) is 3.41. The Bertz CT molecular complexity index is 1650. The van der Waals surface area contributed by atoms with Crippen molar-refractivity contribution in [2.75, 3.05) is 0 Å². The highest BCUT2D eigenvalue weighted by Crippen LogP contribution is 2.46. The van der Waals surface area contributed by atoms with Crippen LogP contribution in [0, 0.1) is 13.8 Å². The van der Waals surface area contributed by atoms with Crippen molar-refractivity contribution in [3.8, 4) is 0 Å². The van der Waals surface area contributed by atoms with Crippen molar-refractivity contribution in [2.24, 2.45) is 0 Å². The standard InChI is InChI=1S/C32H26O2/c1-19-6-5-7-21(14-19)23-17-25(32-28(18-23)24-8-3-4-9-29(24)34-32)22-11-13-31-27(16-22)26-15-20(2)10-12-30(26)33-31/h3-10,12,14-17,23H,11,13,18H2,1-2H3. The van der Waals surface area contributed by atoms with Crippen LogP contribution in [0.25, 0.3) is 33.6 Å². The van der Waals surface area contributed by atoms with E-state index in [9.17, 15) is 0 Å². The lowest BCUT2D eigenvalue weighted by molar-refractivity contribution is 0.543. The van der Waals surface area contributed by atoms with E-state index in [1.807, 2.05) is 0 Å². The zero-order valence-electron chi connectivity index (χ0n) is 19.5. The molecule has 2 aliphatic rings. The van der Waals surface area contributed by atoms with Crippen LogP contribution in [0.5, 0.6) is 0 Å². The van der Waals surface area contributed by atoms with Gasteiger partial charge in [0, 0.05) is 39.8 Å². The first kappa shape index (κ1) is 19.7. The Morgan fingerprint density at radius 3 is 2.53 bits per heavy atom. The van der Waals surface area contributed by atoms with Crippen LogP contribution in [0.4, 0.5) is 0 Å². The molecule has 2 aromatic heterocycles. The summed E-state index contributed by atoms with van der Waals surface area (Å²) in [5.41, 5.74) is 11.0. The molecule has 0 saturated heterocycles. The molecule has 0 amide bonds. The first-order chi connectivity index (χ1) is 16.6. The number of rotatable bonds is 2. The normalized spacial score (nSPS) is 17.4. The monoisotopic (exact) mass is 442 g/mol. The lowest BCUT2D eigenvalue weighted by Crippen LogP contribution is -2.10. The number of fused-ring (bicyclic) bond motifs is 6. The first-order valence-electron chi connectivity index (χ1n) is 12.2. The Kier molecular flexibility index (Phi) is 4.26. The van der Waals surface area contributed by atoms with Crippen LogP contribution < -0.4 is 0 Å². The van der Waals surface area contributed by atoms with Crippen molar-refractivity contribution in [3.63, 3.8) is 0 Å². The molecule has 1 atom stereocenters. The van der Waals surface area contributed by atoms with Crippen LogP contribution in [0.2, 0.25) is 0 Å². The third-order valence-electron chi connectivity index (χ3n) is 7.45. The second-order valence-electron chi connectivity index (χ2n) is 9.82. The largest absolute Gasteiger partial charge is 0.460 e. The van der Waals surface area contributed by atoms with Gasteiger partial charge in [-0.2, -0.15) is 0 Å². The van der Waals surface area contributed by atoms with Gasteiger partial charge in [0.2, 0.25) is 0 Å². The molecule has 0 bridgehead atoms. The van der Waals surface area contributed by atoms with E-state index in [0.29, 0.717) is 5.92 Å². The zero-order chi connectivity index (χ0) is 22.8. The number of aryl methyl sites for hydroxylation is 3. The van der Waals surface area contributed by atoms with Gasteiger partial charge in [0.05, 0.1) is 0 Å². The average molecular weight is 443 g/mol. The number of hydrogen-bond donors (Lipinski definition) is 0. The molecule has 0 aliphatic heterocycles. The Morgan fingerprint density at radius 2 is 1.62 bits per heavy atom. The van der Waals surface area contributed by atoms with E-state index < -0.39 is 0 Å². The van der Waals surface area contributed by atoms with Gasteiger partial charge in [-0.1, -0.05) is 65.7 Å². The summed E-state index contributed by atoms with van der Waals surface area (Å²) in [6.45, 7) is 4.32. The molecule has 2 nitrogen and oxygen atoms in total. The fourth-order valence-corrected chi connectivity index (χ4v) is 5.77. The van der Waals surface area contributed by atoms with Crippen LogP contribution >= 0.6 is 0 Å². The van der Waals surface area contributed by atoms with Gasteiger partial charge in [0.25, 0.3) is 0 Å². The highest BCUT2D eigenvalue weighted by molar-refractivity contribution is 5.97. The van der Waals surface area contributed by atoms with E-state index in [4.69, 9.17) is 8.83 Å². The van der Waals surface area contributed by atoms with Gasteiger partial charge >= 0.3 is 0 Å². The summed E-state index contributed by atoms with van der Waals surface area (Å²) in [6.07, 6.45) is 7.63. The quantitative estimate of drug-likeness (QED) is 0.274. The summed E-state index contributed by atoms with van der Waals surface area (Å²) in [4.78, 5) is 0. The van der Waals surface area contributed by atoms with Crippen molar-refractivity contribution in [2.45, 2.75) is 39.0 Å². The predicted octanol–water partition coefficient (Wildman–Crippen LogP) is 8.55. The molecule has 2 heterocycles. The lowest BCUT2D eigenvalue weighted by Gasteiger charge is -2.24. The summed E-state index contributed by atoms with van der Waals surface area (Å²) < 4.78 is 12.7. The number of hydrogen-bond acceptors (Lipinski definition) is 2. The molecule has 2 aliphatic carbocycles. The third kappa shape index (κ3) is 3.02. The second-order valence-corrected chi connectivity index (χ2v) is 9.82. The molecule has 5 aromatic rings. The molecule has 0 saturated carbocycles. The highest BCUT2D eigenvalue weighted by atomic mass is 16.3. The first-order valence-corrected chi connectivity index (χ1v) is 12.2. The van der Waals surface area contributed by atoms with Crippen molar-refractivity contribution in [1.29, 1.82) is 0 Å². The van der Waals surface area contributed by atoms with Crippen LogP contribution in [-0.2, 0) is 12.8 Å². The Labute approximate surface area is 199 Å². The van der Waals surface area contributed by atoms with E-state index in [1.54, 1.807) is 0 Å². The zero-order valence-corrected chi connectivity index (χ0v) is 19.5. The smallest absolute Gasteiger partial charge is 0.138 e. The molecule has 0 spiro atoms. The fraction of sp³-hybridized carbons (Fsp3) is 0.188. The molecule has 1 unspecified atom stereocenters. The van der Waals surface area contributed by atoms with Gasteiger partial charge in [0.1, 0.15) is 22.7 Å². The fourth-order valence-electron chi connectivity index (χ4n) is 5.77. The number of benzene rings is 3. The molecule has 0 fully saturated rings. The van der Waals surface area contributed by atoms with Crippen LogP contribution in [0.15, 0.2) is 87.2 Å². The van der Waals surface area contributed by atoms with Crippen LogP contribution in [0.3, 0.4) is 0 Å². The highest BCUT2D eigenvalue weighted by Gasteiger charge is 2.30. The van der Waals surface area contributed by atoms with Crippen molar-refractivity contribution in [1.82, 2.24) is 0 Å². The van der Waals surface area contributed by atoms with Crippen molar-refractivity contribution < 1.29 is 8.83 Å². The van der Waals surface area contributed by atoms with Crippen LogP contribution in [-0.4, -0.2) is 0 Å². The molecule has 2 heteroatoms. The molecule has 0 radical (unpaired) electrons. The second kappa shape index (κ2) is 7.36. The Balaban J connectivity index is 1.43. The Morgan fingerprint density at radius 1 is 0.765 bits per heavy atom. The molecule has 0 N–H and O–H groups in total. The maximum Gasteiger partial charge on any atom is 0.138 e. The summed E-state index contributed by atoms with van der Waals surface area (Å²) in [5, 5.41) is 2.45. The molecule has 34 heavy (non-hydrogen) atoms. The summed E-state index contributed by atoms with van der Waals surface area (Å²) in [7, 11) is 0. The minimum atomic E-state index is 0.328. The molecule has 7 rings (SSSR count). The van der Waals surface area contributed by atoms with E-state index in [-0.39, 0.29) is 0 Å². The SMILES string of the molecule is Cc1cccc(C2C=C(C3=Cc4c(oc5ccc(C)cc45)CC3)c3oc4ccccc4c3C2)c1. The lowest BCUT2D eigenvalue weighted by atomic mass is 9.79. The summed E-state index contributed by atoms with van der Waals surface area (Å²) in [6, 6.07) is 23.9. The topological polar surface area (TPSA) is 26.3 Å². The minimum Gasteiger partial charge on any atom is -0.460 e. The van der Waals surface area contributed by atoms with Gasteiger partial charge in [0.15, 0.2) is 0 Å². The number of allylic oxidation sites excluding steroid dienone is 3. The van der Waals surface area contributed by atoms with Gasteiger partial charge in [-0.05, 0) is 62.1 Å². The van der Waals surface area contributed by atoms with Gasteiger partial charge in [-0.3, -0.25) is 0 Å². The summed E-state index contributed by atoms with van der Waals surface area (Å²) >= 11 is 0. The van der Waals surface area contributed by atoms with Gasteiger partial charge in [-0.15, -0.1) is 0 Å². The number of furan rings is 2. The van der Waals surface area contributed by atoms with Gasteiger partial charge in [-0.25, -0.2) is 0 Å². The summed E-state index contributed by atoms with van der Waals surface area (Å²) in [5.74, 6) is 2.47. The molecule has 166 valence electrons. The van der Waals surface area contributed by atoms with Crippen molar-refractivity contribution in [3.05, 3.63) is 118 Å². The van der Waals surface area contributed by atoms with E-state index >= 15 is 0 Å². The molecular formula is C32H26O2. The van der Waals surface area contributed by atoms with Crippen molar-refractivity contribution >= 4 is 33.6 Å². The maximum absolute atomic E-state index is 6.51. The van der Waals surface area contributed by atoms with E-state index in [0.717, 1.165) is 41.9 Å². The van der Waals surface area contributed by atoms with Gasteiger partial charge < -0.3 is 8.83 Å². The molecular weight excluding hydrogens is 416 g/mol. The molecule has 3 aromatic carbocycles. The minimum absolute atomic E-state index is 0.328. The maximum atomic E-state index is 6.51. The number of para-hydroxylation sites is 1. The Hall–Kier alpha value is -3.78. The third-order valence-corrected chi connectivity index (χ3v) is 7.45.